The second-order valence-electron chi connectivity index (χ2n) is 6.82. The van der Waals surface area contributed by atoms with Gasteiger partial charge < -0.3 is 20.1 Å². The number of carbonyl (C=O) groups is 1. The lowest BCUT2D eigenvalue weighted by Crippen LogP contribution is -2.24. The highest BCUT2D eigenvalue weighted by Crippen LogP contribution is 2.32. The number of hydrogen-bond donors (Lipinski definition) is 2. The largest absolute Gasteiger partial charge is 0.480 e. The molecule has 2 N–H and O–H groups in total. The number of aryl methyl sites for hydroxylation is 1. The summed E-state index contributed by atoms with van der Waals surface area (Å²) in [5, 5.41) is 12.9. The van der Waals surface area contributed by atoms with E-state index in [9.17, 15) is 4.79 Å². The van der Waals surface area contributed by atoms with Crippen LogP contribution < -0.4 is 10.2 Å². The van der Waals surface area contributed by atoms with Crippen molar-refractivity contribution < 1.29 is 14.6 Å². The van der Waals surface area contributed by atoms with Crippen molar-refractivity contribution in [3.63, 3.8) is 0 Å². The van der Waals surface area contributed by atoms with E-state index < -0.39 is 5.97 Å². The maximum absolute atomic E-state index is 10.7. The number of aromatic nitrogens is 3. The van der Waals surface area contributed by atoms with Gasteiger partial charge in [0.05, 0.1) is 16.7 Å². The summed E-state index contributed by atoms with van der Waals surface area (Å²) in [6.07, 6.45) is 4.30. The first-order valence-electron chi connectivity index (χ1n) is 9.28. The van der Waals surface area contributed by atoms with Crippen molar-refractivity contribution >= 4 is 34.1 Å². The van der Waals surface area contributed by atoms with Gasteiger partial charge in [-0.2, -0.15) is 0 Å². The number of thiazole rings is 1. The van der Waals surface area contributed by atoms with Crippen LogP contribution in [0.25, 0.3) is 10.6 Å². The predicted molar refractivity (Wildman–Crippen MR) is 112 cm³/mol. The van der Waals surface area contributed by atoms with Crippen LogP contribution in [0.1, 0.15) is 12.0 Å². The molecule has 1 aliphatic rings. The Labute approximate surface area is 172 Å². The van der Waals surface area contributed by atoms with Crippen molar-refractivity contribution in [1.29, 1.82) is 0 Å². The van der Waals surface area contributed by atoms with E-state index in [-0.39, 0.29) is 12.7 Å². The van der Waals surface area contributed by atoms with Crippen molar-refractivity contribution in [2.45, 2.75) is 19.4 Å². The molecule has 4 rings (SSSR count). The van der Waals surface area contributed by atoms with E-state index >= 15 is 0 Å². The van der Waals surface area contributed by atoms with Crippen LogP contribution in [0, 0.1) is 6.92 Å². The fraction of sp³-hybridized carbons (Fsp3) is 0.300. The number of carboxylic acids is 1. The number of ether oxygens (including phenoxy) is 1. The Morgan fingerprint density at radius 1 is 1.34 bits per heavy atom. The van der Waals surface area contributed by atoms with Crippen molar-refractivity contribution in [3.05, 3.63) is 48.3 Å². The van der Waals surface area contributed by atoms with Crippen LogP contribution >= 0.6 is 11.3 Å². The second-order valence-corrected chi connectivity index (χ2v) is 7.83. The number of rotatable bonds is 7. The molecule has 3 aromatic heterocycles. The standard InChI is InChI=1S/C20H21N5O3S/c1-13-5-7-21-18(9-13)24-17-4-2-3-15(23-17)16-10-22-20(29-16)25-8-6-14(11-25)28-12-19(26)27/h2-5,7,9-10,14H,6,8,11-12H2,1H3,(H,26,27)(H,21,23,24). The van der Waals surface area contributed by atoms with E-state index in [0.29, 0.717) is 6.54 Å². The van der Waals surface area contributed by atoms with Gasteiger partial charge in [0.25, 0.3) is 0 Å². The molecule has 0 spiro atoms. The first kappa shape index (κ1) is 19.3. The zero-order valence-corrected chi connectivity index (χ0v) is 16.7. The highest BCUT2D eigenvalue weighted by Gasteiger charge is 2.26. The number of nitrogens with zero attached hydrogens (tertiary/aromatic N) is 4. The summed E-state index contributed by atoms with van der Waals surface area (Å²) in [5.41, 5.74) is 1.96. The van der Waals surface area contributed by atoms with Gasteiger partial charge in [0, 0.05) is 25.5 Å². The molecule has 4 heterocycles. The molecule has 8 nitrogen and oxygen atoms in total. The van der Waals surface area contributed by atoms with Gasteiger partial charge in [0.2, 0.25) is 0 Å². The van der Waals surface area contributed by atoms with Gasteiger partial charge >= 0.3 is 5.97 Å². The summed E-state index contributed by atoms with van der Waals surface area (Å²) in [4.78, 5) is 27.3. The minimum atomic E-state index is -0.944. The minimum Gasteiger partial charge on any atom is -0.480 e. The molecule has 0 amide bonds. The lowest BCUT2D eigenvalue weighted by Gasteiger charge is -2.14. The Hall–Kier alpha value is -3.04. The van der Waals surface area contributed by atoms with E-state index in [2.05, 4.69) is 25.2 Å². The van der Waals surface area contributed by atoms with Crippen molar-refractivity contribution in [2.24, 2.45) is 0 Å². The summed E-state index contributed by atoms with van der Waals surface area (Å²) in [6, 6.07) is 9.72. The molecule has 0 aliphatic carbocycles. The molecular formula is C20H21N5O3S. The van der Waals surface area contributed by atoms with Gasteiger partial charge in [-0.15, -0.1) is 0 Å². The fourth-order valence-corrected chi connectivity index (χ4v) is 4.05. The zero-order valence-electron chi connectivity index (χ0n) is 15.9. The molecule has 1 aliphatic heterocycles. The average Bonchev–Trinajstić information content (AvgIpc) is 3.36. The van der Waals surface area contributed by atoms with Crippen LogP contribution in [-0.2, 0) is 9.53 Å². The van der Waals surface area contributed by atoms with E-state index in [1.54, 1.807) is 17.5 Å². The third kappa shape index (κ3) is 4.87. The fourth-order valence-electron chi connectivity index (χ4n) is 3.13. The molecular weight excluding hydrogens is 390 g/mol. The van der Waals surface area contributed by atoms with Gasteiger partial charge in [-0.05, 0) is 43.2 Å². The molecule has 0 saturated carbocycles. The van der Waals surface area contributed by atoms with Crippen LogP contribution in [0.5, 0.6) is 0 Å². The number of pyridine rings is 2. The Morgan fingerprint density at radius 3 is 3.07 bits per heavy atom. The second kappa shape index (κ2) is 8.54. The highest BCUT2D eigenvalue weighted by molar-refractivity contribution is 7.18. The van der Waals surface area contributed by atoms with Crippen LogP contribution in [0.2, 0.25) is 0 Å². The molecule has 3 aromatic rings. The van der Waals surface area contributed by atoms with Gasteiger partial charge in [-0.25, -0.2) is 19.7 Å². The number of anilines is 3. The predicted octanol–water partition coefficient (Wildman–Crippen LogP) is 3.33. The van der Waals surface area contributed by atoms with Crippen LogP contribution in [0.4, 0.5) is 16.8 Å². The molecule has 1 unspecified atom stereocenters. The van der Waals surface area contributed by atoms with Crippen LogP contribution in [0.15, 0.2) is 42.7 Å². The van der Waals surface area contributed by atoms with Crippen molar-refractivity contribution in [2.75, 3.05) is 29.9 Å². The van der Waals surface area contributed by atoms with Gasteiger partial charge in [0.1, 0.15) is 18.2 Å². The Balaban J connectivity index is 1.44. The topological polar surface area (TPSA) is 100 Å². The molecule has 1 fully saturated rings. The van der Waals surface area contributed by atoms with Crippen LogP contribution in [0.3, 0.4) is 0 Å². The first-order valence-corrected chi connectivity index (χ1v) is 10.1. The Morgan fingerprint density at radius 2 is 2.24 bits per heavy atom. The molecule has 1 atom stereocenters. The molecule has 0 aromatic carbocycles. The summed E-state index contributed by atoms with van der Waals surface area (Å²) in [5.74, 6) is 0.531. The maximum Gasteiger partial charge on any atom is 0.329 e. The third-order valence-electron chi connectivity index (χ3n) is 4.52. The van der Waals surface area contributed by atoms with Gasteiger partial charge in [0.15, 0.2) is 5.13 Å². The molecule has 29 heavy (non-hydrogen) atoms. The van der Waals surface area contributed by atoms with Crippen molar-refractivity contribution in [1.82, 2.24) is 15.0 Å². The normalized spacial score (nSPS) is 16.2. The van der Waals surface area contributed by atoms with E-state index in [4.69, 9.17) is 9.84 Å². The molecule has 0 radical (unpaired) electrons. The first-order chi connectivity index (χ1) is 14.1. The smallest absolute Gasteiger partial charge is 0.329 e. The minimum absolute atomic E-state index is 0.0778. The Kier molecular flexibility index (Phi) is 5.68. The number of aliphatic carboxylic acids is 1. The summed E-state index contributed by atoms with van der Waals surface area (Å²) in [6.45, 7) is 3.20. The monoisotopic (exact) mass is 411 g/mol. The average molecular weight is 411 g/mol. The van der Waals surface area contributed by atoms with Crippen LogP contribution in [-0.4, -0.2) is 51.8 Å². The summed E-state index contributed by atoms with van der Waals surface area (Å²) >= 11 is 1.56. The molecule has 9 heteroatoms. The summed E-state index contributed by atoms with van der Waals surface area (Å²) < 4.78 is 5.40. The molecule has 0 bridgehead atoms. The zero-order chi connectivity index (χ0) is 20.2. The third-order valence-corrected chi connectivity index (χ3v) is 5.61. The number of hydrogen-bond acceptors (Lipinski definition) is 8. The quantitative estimate of drug-likeness (QED) is 0.611. The molecule has 150 valence electrons. The lowest BCUT2D eigenvalue weighted by molar-refractivity contribution is -0.143. The van der Waals surface area contributed by atoms with E-state index in [1.807, 2.05) is 43.5 Å². The lowest BCUT2D eigenvalue weighted by atomic mass is 10.3. The van der Waals surface area contributed by atoms with E-state index in [0.717, 1.165) is 45.9 Å². The molecule has 1 saturated heterocycles. The number of nitrogens with one attached hydrogen (secondary N) is 1. The SMILES string of the molecule is Cc1ccnc(Nc2cccc(-c3cnc(N4CCC(OCC(=O)O)C4)s3)n2)c1. The van der Waals surface area contributed by atoms with E-state index in [1.165, 1.54) is 0 Å². The number of carboxylic acid groups (broad SMARTS) is 1. The van der Waals surface area contributed by atoms with Gasteiger partial charge in [-0.3, -0.25) is 0 Å². The summed E-state index contributed by atoms with van der Waals surface area (Å²) in [7, 11) is 0. The van der Waals surface area contributed by atoms with Gasteiger partial charge in [-0.1, -0.05) is 17.4 Å². The highest BCUT2D eigenvalue weighted by atomic mass is 32.1. The van der Waals surface area contributed by atoms with Crippen molar-refractivity contribution in [3.8, 4) is 10.6 Å². The maximum atomic E-state index is 10.7. The Bertz CT molecular complexity index is 1010.